The van der Waals surface area contributed by atoms with E-state index in [9.17, 15) is 23.6 Å². The molecule has 170 valence electrons. The van der Waals surface area contributed by atoms with Crippen LogP contribution in [0.3, 0.4) is 0 Å². The molecule has 0 fully saturated rings. The number of benzene rings is 1. The van der Waals surface area contributed by atoms with E-state index in [1.54, 1.807) is 6.92 Å². The van der Waals surface area contributed by atoms with Gasteiger partial charge in [-0.15, -0.1) is 0 Å². The van der Waals surface area contributed by atoms with Gasteiger partial charge in [0.15, 0.2) is 0 Å². The van der Waals surface area contributed by atoms with Crippen LogP contribution in [0.25, 0.3) is 0 Å². The number of carboxylic acid groups (broad SMARTS) is 1. The average molecular weight is 439 g/mol. The monoisotopic (exact) mass is 439 g/mol. The molecule has 0 spiro atoms. The predicted octanol–water partition coefficient (Wildman–Crippen LogP) is 1.43. The van der Waals surface area contributed by atoms with Crippen LogP contribution >= 0.6 is 0 Å². The normalized spacial score (nSPS) is 15.4. The van der Waals surface area contributed by atoms with Crippen molar-refractivity contribution < 1.29 is 38.1 Å². The second kappa shape index (κ2) is 11.7. The zero-order valence-electron chi connectivity index (χ0n) is 17.2. The fraction of sp³-hybridized carbons (Fsp3) is 0.500. The Morgan fingerprint density at radius 2 is 2.00 bits per heavy atom. The first-order chi connectivity index (χ1) is 14.8. The molecule has 31 heavy (non-hydrogen) atoms. The highest BCUT2D eigenvalue weighted by molar-refractivity contribution is 5.96. The van der Waals surface area contributed by atoms with Crippen LogP contribution in [0.15, 0.2) is 18.2 Å². The number of nitrogens with zero attached hydrogens (tertiary/aromatic N) is 1. The molecule has 2 rings (SSSR count). The number of hydrogen-bond acceptors (Lipinski definition) is 6. The van der Waals surface area contributed by atoms with E-state index >= 15 is 0 Å². The van der Waals surface area contributed by atoms with Crippen LogP contribution in [-0.2, 0) is 19.1 Å². The summed E-state index contributed by atoms with van der Waals surface area (Å²) >= 11 is 0. The molecule has 1 aromatic rings. The molecular formula is C20H26FN3O7. The van der Waals surface area contributed by atoms with Crippen molar-refractivity contribution in [2.75, 3.05) is 31.1 Å². The average Bonchev–Trinajstić information content (AvgIpc) is 2.80. The number of ether oxygens (including phenoxy) is 2. The van der Waals surface area contributed by atoms with E-state index in [2.05, 4.69) is 10.6 Å². The molecule has 1 aliphatic rings. The van der Waals surface area contributed by atoms with Crippen molar-refractivity contribution in [3.8, 4) is 5.75 Å². The number of rotatable bonds is 10. The number of nitrogens with one attached hydrogen (secondary N) is 2. The number of halogens is 1. The second-order valence-electron chi connectivity index (χ2n) is 6.95. The number of carboxylic acids is 1. The minimum Gasteiger partial charge on any atom is -0.488 e. The number of carbonyl (C=O) groups excluding carboxylic acids is 3. The largest absolute Gasteiger partial charge is 0.488 e. The number of fused-ring (bicyclic) bond motifs is 1. The van der Waals surface area contributed by atoms with Crippen molar-refractivity contribution in [1.82, 2.24) is 10.6 Å². The summed E-state index contributed by atoms with van der Waals surface area (Å²) in [4.78, 5) is 47.5. The number of aliphatic carboxylic acids is 1. The van der Waals surface area contributed by atoms with Crippen LogP contribution in [-0.4, -0.2) is 61.3 Å². The lowest BCUT2D eigenvalue weighted by Gasteiger charge is -2.21. The zero-order chi connectivity index (χ0) is 22.8. The summed E-state index contributed by atoms with van der Waals surface area (Å²) in [6.45, 7) is 1.92. The maximum atomic E-state index is 13.7. The molecule has 0 aliphatic carbocycles. The zero-order valence-corrected chi connectivity index (χ0v) is 17.2. The molecule has 3 N–H and O–H groups in total. The molecule has 1 aromatic carbocycles. The Labute approximate surface area is 178 Å². The highest BCUT2D eigenvalue weighted by Gasteiger charge is 2.27. The summed E-state index contributed by atoms with van der Waals surface area (Å²) in [6.07, 6.45) is -0.751. The Morgan fingerprint density at radius 1 is 1.26 bits per heavy atom. The van der Waals surface area contributed by atoms with Gasteiger partial charge in [-0.05, 0) is 25.5 Å². The van der Waals surface area contributed by atoms with Gasteiger partial charge in [0.25, 0.3) is 0 Å². The fourth-order valence-corrected chi connectivity index (χ4v) is 2.93. The van der Waals surface area contributed by atoms with Crippen LogP contribution in [0.4, 0.5) is 14.9 Å². The van der Waals surface area contributed by atoms with Crippen molar-refractivity contribution in [3.05, 3.63) is 24.0 Å². The van der Waals surface area contributed by atoms with Crippen molar-refractivity contribution in [2.45, 2.75) is 38.7 Å². The standard InChI is InChI=1S/C20H26FN3O7/c1-13-11-18(26)24(15-12-14(21)5-6-16(15)31-13)9-10-30-20(29)23-8-7-22-17(25)3-2-4-19(27)28/h5-6,12-13H,2-4,7-11H2,1H3,(H,22,25)(H,23,29)(H,27,28)/t13-/m1/s1. The molecule has 0 bridgehead atoms. The van der Waals surface area contributed by atoms with E-state index in [-0.39, 0.29) is 75.5 Å². The number of amides is 3. The maximum Gasteiger partial charge on any atom is 0.407 e. The highest BCUT2D eigenvalue weighted by atomic mass is 19.1. The molecule has 3 amide bonds. The van der Waals surface area contributed by atoms with E-state index < -0.39 is 17.9 Å². The molecule has 11 heteroatoms. The maximum absolute atomic E-state index is 13.7. The molecular weight excluding hydrogens is 413 g/mol. The molecule has 10 nitrogen and oxygen atoms in total. The Balaban J connectivity index is 1.72. The van der Waals surface area contributed by atoms with Gasteiger partial charge in [-0.3, -0.25) is 14.4 Å². The van der Waals surface area contributed by atoms with Crippen molar-refractivity contribution in [2.24, 2.45) is 0 Å². The van der Waals surface area contributed by atoms with Gasteiger partial charge in [-0.1, -0.05) is 0 Å². The molecule has 1 atom stereocenters. The van der Waals surface area contributed by atoms with Gasteiger partial charge in [0.1, 0.15) is 24.3 Å². The molecule has 0 unspecified atom stereocenters. The number of carbonyl (C=O) groups is 4. The fourth-order valence-electron chi connectivity index (χ4n) is 2.93. The van der Waals surface area contributed by atoms with Gasteiger partial charge >= 0.3 is 12.1 Å². The molecule has 0 aromatic heterocycles. The summed E-state index contributed by atoms with van der Waals surface area (Å²) in [5, 5.41) is 13.5. The van der Waals surface area contributed by atoms with Crippen molar-refractivity contribution >= 4 is 29.6 Å². The quantitative estimate of drug-likeness (QED) is 0.470. The summed E-state index contributed by atoms with van der Waals surface area (Å²) < 4.78 is 24.4. The topological polar surface area (TPSA) is 134 Å². The smallest absolute Gasteiger partial charge is 0.407 e. The van der Waals surface area contributed by atoms with Crippen LogP contribution in [0.1, 0.15) is 32.6 Å². The number of alkyl carbamates (subject to hydrolysis) is 1. The minimum absolute atomic E-state index is 0.0269. The van der Waals surface area contributed by atoms with Gasteiger partial charge < -0.3 is 30.1 Å². The van der Waals surface area contributed by atoms with Crippen molar-refractivity contribution in [3.63, 3.8) is 0 Å². The van der Waals surface area contributed by atoms with Crippen LogP contribution in [0, 0.1) is 5.82 Å². The first-order valence-corrected chi connectivity index (χ1v) is 9.92. The van der Waals surface area contributed by atoms with E-state index in [4.69, 9.17) is 14.6 Å². The van der Waals surface area contributed by atoms with Gasteiger partial charge in [0.2, 0.25) is 11.8 Å². The summed E-state index contributed by atoms with van der Waals surface area (Å²) in [6, 6.07) is 3.90. The highest BCUT2D eigenvalue weighted by Crippen LogP contribution is 2.33. The first-order valence-electron chi connectivity index (χ1n) is 9.92. The van der Waals surface area contributed by atoms with Gasteiger partial charge in [0, 0.05) is 32.0 Å². The SMILES string of the molecule is C[C@@H]1CC(=O)N(CCOC(=O)NCCNC(=O)CCCC(=O)O)c2cc(F)ccc2O1. The predicted molar refractivity (Wildman–Crippen MR) is 107 cm³/mol. The summed E-state index contributed by atoms with van der Waals surface area (Å²) in [7, 11) is 0. The van der Waals surface area contributed by atoms with Gasteiger partial charge in [-0.2, -0.15) is 0 Å². The van der Waals surface area contributed by atoms with Gasteiger partial charge in [0.05, 0.1) is 18.7 Å². The van der Waals surface area contributed by atoms with E-state index in [1.165, 1.54) is 23.1 Å². The van der Waals surface area contributed by atoms with E-state index in [0.29, 0.717) is 5.75 Å². The Bertz CT molecular complexity index is 818. The summed E-state index contributed by atoms with van der Waals surface area (Å²) in [5.74, 6) is -1.68. The van der Waals surface area contributed by atoms with Crippen LogP contribution < -0.4 is 20.3 Å². The Morgan fingerprint density at radius 3 is 2.74 bits per heavy atom. The third-order valence-electron chi connectivity index (χ3n) is 4.36. The minimum atomic E-state index is -0.963. The third kappa shape index (κ3) is 8.11. The third-order valence-corrected chi connectivity index (χ3v) is 4.36. The summed E-state index contributed by atoms with van der Waals surface area (Å²) in [5.41, 5.74) is 0.281. The Hall–Kier alpha value is -3.37. The first kappa shape index (κ1) is 23.9. The van der Waals surface area contributed by atoms with Crippen LogP contribution in [0.5, 0.6) is 5.75 Å². The Kier molecular flexibility index (Phi) is 9.04. The molecule has 0 saturated heterocycles. The van der Waals surface area contributed by atoms with E-state index in [0.717, 1.165) is 0 Å². The van der Waals surface area contributed by atoms with Gasteiger partial charge in [-0.25, -0.2) is 9.18 Å². The lowest BCUT2D eigenvalue weighted by Crippen LogP contribution is -2.37. The number of anilines is 1. The molecule has 0 radical (unpaired) electrons. The lowest BCUT2D eigenvalue weighted by atomic mass is 10.2. The number of hydrogen-bond donors (Lipinski definition) is 3. The molecule has 0 saturated carbocycles. The molecule has 1 heterocycles. The second-order valence-corrected chi connectivity index (χ2v) is 6.95. The lowest BCUT2D eigenvalue weighted by molar-refractivity contribution is -0.137. The van der Waals surface area contributed by atoms with Crippen LogP contribution in [0.2, 0.25) is 0 Å². The van der Waals surface area contributed by atoms with E-state index in [1.807, 2.05) is 0 Å². The van der Waals surface area contributed by atoms with Crippen molar-refractivity contribution in [1.29, 1.82) is 0 Å². The molecule has 1 aliphatic heterocycles.